The van der Waals surface area contributed by atoms with E-state index in [4.69, 9.17) is 5.73 Å². The van der Waals surface area contributed by atoms with E-state index in [-0.39, 0.29) is 16.9 Å². The fourth-order valence-electron chi connectivity index (χ4n) is 3.21. The van der Waals surface area contributed by atoms with Gasteiger partial charge >= 0.3 is 0 Å². The normalized spacial score (nSPS) is 12.5. The fraction of sp³-hybridized carbons (Fsp3) is 0.150. The van der Waals surface area contributed by atoms with Gasteiger partial charge in [-0.2, -0.15) is 4.98 Å². The number of imide groups is 1. The number of pyridine rings is 1. The van der Waals surface area contributed by atoms with Crippen LogP contribution >= 0.6 is 0 Å². The molecule has 3 heterocycles. The number of hydrogen-bond acceptors (Lipinski definition) is 8. The summed E-state index contributed by atoms with van der Waals surface area (Å²) in [5.41, 5.74) is 7.52. The van der Waals surface area contributed by atoms with Gasteiger partial charge in [-0.05, 0) is 31.2 Å². The number of nitrogens with two attached hydrogens (primary N) is 1. The number of benzene rings is 1. The summed E-state index contributed by atoms with van der Waals surface area (Å²) in [4.78, 5) is 47.0. The third-order valence-electron chi connectivity index (χ3n) is 4.63. The number of aryl methyl sites for hydroxylation is 1. The monoisotopic (exact) mass is 405 g/mol. The molecule has 1 aromatic carbocycles. The quantitative estimate of drug-likeness (QED) is 0.551. The van der Waals surface area contributed by atoms with Crippen molar-refractivity contribution in [1.29, 1.82) is 0 Å². The van der Waals surface area contributed by atoms with Crippen molar-refractivity contribution in [1.82, 2.24) is 19.9 Å². The van der Waals surface area contributed by atoms with Crippen LogP contribution in [0, 0.1) is 6.92 Å². The minimum Gasteiger partial charge on any atom is -0.384 e. The highest BCUT2D eigenvalue weighted by Crippen LogP contribution is 2.24. The van der Waals surface area contributed by atoms with Gasteiger partial charge in [0.05, 0.1) is 16.8 Å². The number of nitrogen functional groups attached to an aromatic ring is 1. The van der Waals surface area contributed by atoms with Crippen LogP contribution in [0.3, 0.4) is 0 Å². The van der Waals surface area contributed by atoms with Gasteiger partial charge in [0.15, 0.2) is 0 Å². The molecule has 0 spiro atoms. The largest absolute Gasteiger partial charge is 0.384 e. The summed E-state index contributed by atoms with van der Waals surface area (Å²) in [7, 11) is 3.79. The Morgan fingerprint density at radius 2 is 1.73 bits per heavy atom. The van der Waals surface area contributed by atoms with E-state index in [0.29, 0.717) is 17.3 Å². The van der Waals surface area contributed by atoms with Gasteiger partial charge in [0.2, 0.25) is 5.95 Å². The number of nitrogens with one attached hydrogen (secondary N) is 2. The van der Waals surface area contributed by atoms with Crippen molar-refractivity contribution in [3.63, 3.8) is 0 Å². The van der Waals surface area contributed by atoms with Crippen LogP contribution in [0.1, 0.15) is 26.4 Å². The van der Waals surface area contributed by atoms with Crippen LogP contribution in [-0.2, 0) is 0 Å². The number of amides is 2. The third-order valence-corrected chi connectivity index (χ3v) is 4.63. The van der Waals surface area contributed by atoms with E-state index in [9.17, 15) is 14.4 Å². The van der Waals surface area contributed by atoms with Gasteiger partial charge < -0.3 is 16.0 Å². The average Bonchev–Trinajstić information content (AvgIpc) is 2.96. The van der Waals surface area contributed by atoms with Gasteiger partial charge in [0, 0.05) is 37.6 Å². The molecule has 3 aromatic rings. The molecule has 0 radical (unpaired) electrons. The molecule has 0 saturated carbocycles. The molecule has 10 nitrogen and oxygen atoms in total. The van der Waals surface area contributed by atoms with Crippen molar-refractivity contribution in [3.8, 4) is 5.69 Å². The second kappa shape index (κ2) is 6.99. The predicted molar refractivity (Wildman–Crippen MR) is 113 cm³/mol. The lowest BCUT2D eigenvalue weighted by Gasteiger charge is -2.14. The number of nitrogens with zero attached hydrogens (tertiary/aromatic N) is 4. The number of anilines is 4. The Kier molecular flexibility index (Phi) is 4.46. The molecule has 0 unspecified atom stereocenters. The molecule has 2 aromatic heterocycles. The van der Waals surface area contributed by atoms with Crippen molar-refractivity contribution in [2.75, 3.05) is 30.0 Å². The van der Waals surface area contributed by atoms with Crippen LogP contribution in [0.15, 0.2) is 41.2 Å². The fourth-order valence-corrected chi connectivity index (χ4v) is 3.21. The smallest absolute Gasteiger partial charge is 0.262 e. The standard InChI is InChI=1S/C20H19N7O3/c1-10-8-14(26(2)3)24-20(22-10)23-11-4-6-12(7-5-11)27-15(28)9-13-16(17(27)21)19(30)25-18(13)29/h4-9H,21H2,1-3H3,(H,22,23,24)(H,25,29,30). The summed E-state index contributed by atoms with van der Waals surface area (Å²) >= 11 is 0. The van der Waals surface area contributed by atoms with E-state index in [0.717, 1.165) is 17.6 Å². The SMILES string of the molecule is Cc1cc(N(C)C)nc(Nc2ccc(-n3c(N)c4c(cc3=O)C(=O)NC4=O)cc2)n1. The first-order valence-electron chi connectivity index (χ1n) is 9.06. The minimum absolute atomic E-state index is 0.00572. The highest BCUT2D eigenvalue weighted by atomic mass is 16.2. The van der Waals surface area contributed by atoms with Crippen LogP contribution in [-0.4, -0.2) is 40.4 Å². The summed E-state index contributed by atoms with van der Waals surface area (Å²) in [6.45, 7) is 1.88. The Labute approximate surface area is 171 Å². The van der Waals surface area contributed by atoms with Gasteiger partial charge in [0.1, 0.15) is 11.6 Å². The number of carbonyl (C=O) groups excluding carboxylic acids is 2. The Balaban J connectivity index is 1.67. The molecular weight excluding hydrogens is 386 g/mol. The van der Waals surface area contributed by atoms with Gasteiger partial charge in [-0.3, -0.25) is 24.3 Å². The number of rotatable bonds is 4. The lowest BCUT2D eigenvalue weighted by Crippen LogP contribution is -2.24. The minimum atomic E-state index is -0.624. The van der Waals surface area contributed by atoms with E-state index in [1.165, 1.54) is 4.57 Å². The Morgan fingerprint density at radius 3 is 2.40 bits per heavy atom. The van der Waals surface area contributed by atoms with E-state index in [1.807, 2.05) is 32.0 Å². The molecule has 2 amide bonds. The number of fused-ring (bicyclic) bond motifs is 1. The van der Waals surface area contributed by atoms with E-state index >= 15 is 0 Å². The molecule has 4 N–H and O–H groups in total. The maximum atomic E-state index is 12.5. The molecule has 1 aliphatic rings. The molecule has 0 bridgehead atoms. The number of hydrogen-bond donors (Lipinski definition) is 3. The first-order valence-corrected chi connectivity index (χ1v) is 9.06. The van der Waals surface area contributed by atoms with Crippen molar-refractivity contribution in [3.05, 3.63) is 63.6 Å². The molecular formula is C20H19N7O3. The maximum Gasteiger partial charge on any atom is 0.262 e. The molecule has 30 heavy (non-hydrogen) atoms. The zero-order valence-corrected chi connectivity index (χ0v) is 16.6. The first-order chi connectivity index (χ1) is 14.2. The van der Waals surface area contributed by atoms with Crippen molar-refractivity contribution >= 4 is 35.1 Å². The Bertz CT molecular complexity index is 1250. The third kappa shape index (κ3) is 3.24. The molecule has 0 fully saturated rings. The lowest BCUT2D eigenvalue weighted by atomic mass is 10.1. The van der Waals surface area contributed by atoms with Crippen molar-refractivity contribution in [2.45, 2.75) is 6.92 Å². The first kappa shape index (κ1) is 19.1. The summed E-state index contributed by atoms with van der Waals surface area (Å²) in [6.07, 6.45) is 0. The number of aromatic nitrogens is 3. The summed E-state index contributed by atoms with van der Waals surface area (Å²) in [5.74, 6) is -0.115. The van der Waals surface area contributed by atoms with E-state index in [2.05, 4.69) is 20.6 Å². The second-order valence-electron chi connectivity index (χ2n) is 7.03. The van der Waals surface area contributed by atoms with Gasteiger partial charge in [-0.25, -0.2) is 4.98 Å². The molecule has 4 rings (SSSR count). The zero-order chi connectivity index (χ0) is 21.6. The van der Waals surface area contributed by atoms with Crippen LogP contribution in [0.25, 0.3) is 5.69 Å². The van der Waals surface area contributed by atoms with Crippen molar-refractivity contribution < 1.29 is 9.59 Å². The van der Waals surface area contributed by atoms with Crippen LogP contribution < -0.4 is 26.8 Å². The van der Waals surface area contributed by atoms with E-state index in [1.54, 1.807) is 24.3 Å². The Hall–Kier alpha value is -4.21. The summed E-state index contributed by atoms with van der Waals surface area (Å²) in [6, 6.07) is 9.80. The number of carbonyl (C=O) groups is 2. The molecule has 10 heteroatoms. The van der Waals surface area contributed by atoms with Crippen molar-refractivity contribution in [2.24, 2.45) is 0 Å². The molecule has 0 atom stereocenters. The predicted octanol–water partition coefficient (Wildman–Crippen LogP) is 1.21. The zero-order valence-electron chi connectivity index (χ0n) is 16.6. The lowest BCUT2D eigenvalue weighted by molar-refractivity contribution is 0.0880. The van der Waals surface area contributed by atoms with Gasteiger partial charge in [-0.1, -0.05) is 0 Å². The Morgan fingerprint density at radius 1 is 1.03 bits per heavy atom. The second-order valence-corrected chi connectivity index (χ2v) is 7.03. The summed E-state index contributed by atoms with van der Waals surface area (Å²) < 4.78 is 1.19. The molecule has 152 valence electrons. The summed E-state index contributed by atoms with van der Waals surface area (Å²) in [5, 5.41) is 5.27. The van der Waals surface area contributed by atoms with Crippen LogP contribution in [0.5, 0.6) is 0 Å². The molecule has 1 aliphatic heterocycles. The highest BCUT2D eigenvalue weighted by Gasteiger charge is 2.31. The topological polar surface area (TPSA) is 135 Å². The van der Waals surface area contributed by atoms with Crippen LogP contribution in [0.4, 0.5) is 23.3 Å². The van der Waals surface area contributed by atoms with Crippen LogP contribution in [0.2, 0.25) is 0 Å². The molecule has 0 saturated heterocycles. The molecule has 0 aliphatic carbocycles. The van der Waals surface area contributed by atoms with Gasteiger partial charge in [-0.15, -0.1) is 0 Å². The maximum absolute atomic E-state index is 12.5. The van der Waals surface area contributed by atoms with E-state index < -0.39 is 17.4 Å². The average molecular weight is 405 g/mol. The highest BCUT2D eigenvalue weighted by molar-refractivity contribution is 6.23. The van der Waals surface area contributed by atoms with Gasteiger partial charge in [0.25, 0.3) is 17.4 Å².